The van der Waals surface area contributed by atoms with Crippen molar-refractivity contribution in [3.63, 3.8) is 0 Å². The Kier molecular flexibility index (Phi) is 30.0. The Morgan fingerprint density at radius 1 is 0.474 bits per heavy atom. The van der Waals surface area contributed by atoms with E-state index in [4.69, 9.17) is 18.9 Å². The van der Waals surface area contributed by atoms with Crippen molar-refractivity contribution in [3.05, 3.63) is 0 Å². The summed E-state index contributed by atoms with van der Waals surface area (Å²) in [5.74, 6) is 2.41. The molecule has 0 saturated heterocycles. The second kappa shape index (κ2) is 28.8. The van der Waals surface area contributed by atoms with Crippen molar-refractivity contribution in [2.24, 2.45) is 0 Å². The van der Waals surface area contributed by atoms with Crippen molar-refractivity contribution >= 4 is 60.3 Å². The van der Waals surface area contributed by atoms with Crippen LogP contribution in [0, 0.1) is 0 Å². The van der Waals surface area contributed by atoms with Crippen molar-refractivity contribution in [3.8, 4) is 0 Å². The highest BCUT2D eigenvalue weighted by atomic mass is 33.7. The molecule has 0 fully saturated rings. The molecule has 0 aromatic heterocycles. The summed E-state index contributed by atoms with van der Waals surface area (Å²) in [5, 5.41) is 0. The van der Waals surface area contributed by atoms with Crippen molar-refractivity contribution in [1.82, 2.24) is 0 Å². The highest BCUT2D eigenvalue weighted by molar-refractivity contribution is 9.26. The molecule has 0 spiro atoms. The molecule has 4 nitrogen and oxygen atoms in total. The minimum Gasteiger partial charge on any atom is -0.354 e. The topological polar surface area (TPSA) is 36.9 Å². The molecule has 0 amide bonds. The standard InChI is InChI=1S/C28H62O4S4Si2/c1-7-11-21-29-27(37-5,30-22-12-8-2)19-15-17-25-33-35-36-34-26-18-16-20-28(38-6,31-23-13-9-3)32-24-14-10-4/h7-26,37-38H2,1-6H3. The zero-order valence-electron chi connectivity index (χ0n) is 25.8. The van der Waals surface area contributed by atoms with Crippen LogP contribution in [0.1, 0.15) is 118 Å². The molecule has 10 heteroatoms. The van der Waals surface area contributed by atoms with E-state index in [0.717, 1.165) is 65.0 Å². The molecular weight excluding hydrogens is 585 g/mol. The molecule has 38 heavy (non-hydrogen) atoms. The normalized spacial score (nSPS) is 13.1. The Labute approximate surface area is 257 Å². The van der Waals surface area contributed by atoms with Gasteiger partial charge in [0.05, 0.1) is 19.0 Å². The number of hydrogen-bond acceptors (Lipinski definition) is 8. The van der Waals surface area contributed by atoms with Gasteiger partial charge >= 0.3 is 0 Å². The molecule has 0 aliphatic rings. The lowest BCUT2D eigenvalue weighted by molar-refractivity contribution is -0.186. The van der Waals surface area contributed by atoms with Gasteiger partial charge in [0.2, 0.25) is 0 Å². The zero-order chi connectivity index (χ0) is 28.2. The van der Waals surface area contributed by atoms with Crippen LogP contribution in [0.2, 0.25) is 13.1 Å². The average molecular weight is 647 g/mol. The Morgan fingerprint density at radius 3 is 1.05 bits per heavy atom. The minimum atomic E-state index is -0.393. The van der Waals surface area contributed by atoms with Crippen LogP contribution in [-0.2, 0) is 18.9 Å². The van der Waals surface area contributed by atoms with Crippen LogP contribution in [0.5, 0.6) is 0 Å². The third-order valence-electron chi connectivity index (χ3n) is 6.72. The van der Waals surface area contributed by atoms with Gasteiger partial charge in [-0.3, -0.25) is 0 Å². The van der Waals surface area contributed by atoms with Gasteiger partial charge in [0.15, 0.2) is 0 Å². The van der Waals surface area contributed by atoms with Gasteiger partial charge < -0.3 is 18.9 Å². The van der Waals surface area contributed by atoms with Crippen molar-refractivity contribution in [1.29, 1.82) is 0 Å². The fraction of sp³-hybridized carbons (Fsp3) is 1.00. The summed E-state index contributed by atoms with van der Waals surface area (Å²) in [6, 6.07) is 0. The molecular formula is C28H62O4S4Si2. The van der Waals surface area contributed by atoms with E-state index in [1.165, 1.54) is 62.9 Å². The Bertz CT molecular complexity index is 434. The van der Waals surface area contributed by atoms with Gasteiger partial charge in [-0.15, -0.1) is 0 Å². The lowest BCUT2D eigenvalue weighted by atomic mass is 10.2. The van der Waals surface area contributed by atoms with Gasteiger partial charge in [0.25, 0.3) is 0 Å². The van der Waals surface area contributed by atoms with Crippen LogP contribution < -0.4 is 0 Å². The number of hydrogen-bond donors (Lipinski definition) is 0. The third kappa shape index (κ3) is 21.4. The van der Waals surface area contributed by atoms with Gasteiger partial charge in [-0.1, -0.05) is 88.1 Å². The van der Waals surface area contributed by atoms with Crippen LogP contribution >= 0.6 is 41.2 Å². The van der Waals surface area contributed by atoms with E-state index >= 15 is 0 Å². The summed E-state index contributed by atoms with van der Waals surface area (Å²) in [4.78, 5) is 0. The maximum Gasteiger partial charge on any atom is 0.144 e. The van der Waals surface area contributed by atoms with Crippen LogP contribution in [0.15, 0.2) is 0 Å². The van der Waals surface area contributed by atoms with E-state index in [9.17, 15) is 0 Å². The molecule has 0 rings (SSSR count). The minimum absolute atomic E-state index is 0.229. The summed E-state index contributed by atoms with van der Waals surface area (Å²) in [7, 11) is 7.11. The predicted molar refractivity (Wildman–Crippen MR) is 186 cm³/mol. The van der Waals surface area contributed by atoms with E-state index in [2.05, 4.69) is 40.8 Å². The fourth-order valence-corrected chi connectivity index (χ4v) is 12.8. The van der Waals surface area contributed by atoms with E-state index in [0.29, 0.717) is 0 Å². The maximum atomic E-state index is 6.34. The van der Waals surface area contributed by atoms with Gasteiger partial charge in [-0.05, 0) is 83.9 Å². The molecule has 0 bridgehead atoms. The molecule has 0 atom stereocenters. The molecule has 0 aliphatic carbocycles. The molecule has 0 aromatic rings. The average Bonchev–Trinajstić information content (AvgIpc) is 2.93. The summed E-state index contributed by atoms with van der Waals surface area (Å²) >= 11 is 0. The molecule has 0 radical (unpaired) electrons. The lowest BCUT2D eigenvalue weighted by Gasteiger charge is -2.33. The summed E-state index contributed by atoms with van der Waals surface area (Å²) in [5.41, 5.74) is -0.459. The SMILES string of the molecule is CCCCOC(CCCCSSSSCCCCC(OCCCC)(OCCCC)[SiH2]C)(OCCCC)[SiH2]C. The van der Waals surface area contributed by atoms with E-state index in [1.54, 1.807) is 0 Å². The second-order valence-corrected chi connectivity index (χ2v) is 19.8. The zero-order valence-corrected chi connectivity index (χ0v) is 31.9. The largest absolute Gasteiger partial charge is 0.354 e. The second-order valence-electron chi connectivity index (χ2n) is 10.0. The summed E-state index contributed by atoms with van der Waals surface area (Å²) < 4.78 is 25.4. The van der Waals surface area contributed by atoms with Crippen molar-refractivity contribution in [2.45, 2.75) is 142 Å². The molecule has 0 aromatic carbocycles. The quantitative estimate of drug-likeness (QED) is 0.0320. The van der Waals surface area contributed by atoms with Gasteiger partial charge in [-0.2, -0.15) is 0 Å². The summed E-state index contributed by atoms with van der Waals surface area (Å²) in [6.07, 6.45) is 16.3. The van der Waals surface area contributed by atoms with Gasteiger partial charge in [0, 0.05) is 37.9 Å². The molecule has 0 saturated carbocycles. The molecule has 0 N–H and O–H groups in total. The molecule has 0 aliphatic heterocycles. The van der Waals surface area contributed by atoms with Crippen molar-refractivity contribution in [2.75, 3.05) is 37.9 Å². The summed E-state index contributed by atoms with van der Waals surface area (Å²) in [6.45, 7) is 17.0. The highest BCUT2D eigenvalue weighted by Gasteiger charge is 2.30. The Balaban J connectivity index is 4.05. The van der Waals surface area contributed by atoms with Crippen LogP contribution in [-0.4, -0.2) is 67.8 Å². The third-order valence-corrected chi connectivity index (χ3v) is 17.0. The number of ether oxygens (including phenoxy) is 4. The maximum absolute atomic E-state index is 6.34. The highest BCUT2D eigenvalue weighted by Crippen LogP contribution is 2.43. The number of unbranched alkanes of at least 4 members (excludes halogenated alkanes) is 6. The van der Waals surface area contributed by atoms with E-state index in [1.807, 2.05) is 41.2 Å². The first-order valence-electron chi connectivity index (χ1n) is 15.7. The molecule has 0 unspecified atom stereocenters. The van der Waals surface area contributed by atoms with Crippen LogP contribution in [0.25, 0.3) is 0 Å². The predicted octanol–water partition coefficient (Wildman–Crippen LogP) is 9.01. The monoisotopic (exact) mass is 646 g/mol. The fourth-order valence-electron chi connectivity index (χ4n) is 3.96. The molecule has 0 heterocycles. The van der Waals surface area contributed by atoms with E-state index in [-0.39, 0.29) is 10.8 Å². The number of rotatable bonds is 31. The van der Waals surface area contributed by atoms with Gasteiger partial charge in [0.1, 0.15) is 10.8 Å². The smallest absolute Gasteiger partial charge is 0.144 e. The molecule has 230 valence electrons. The van der Waals surface area contributed by atoms with Gasteiger partial charge in [-0.25, -0.2) is 0 Å². The van der Waals surface area contributed by atoms with E-state index < -0.39 is 19.0 Å². The first-order chi connectivity index (χ1) is 18.6. The van der Waals surface area contributed by atoms with Crippen LogP contribution in [0.4, 0.5) is 0 Å². The first kappa shape index (κ1) is 39.7. The first-order valence-corrected chi connectivity index (χ1v) is 25.1. The lowest BCUT2D eigenvalue weighted by Crippen LogP contribution is -2.42. The Morgan fingerprint density at radius 2 is 0.789 bits per heavy atom. The van der Waals surface area contributed by atoms with Crippen LogP contribution in [0.3, 0.4) is 0 Å². The Hall–Kier alpha value is 1.67. The van der Waals surface area contributed by atoms with Crippen molar-refractivity contribution < 1.29 is 18.9 Å².